The van der Waals surface area contributed by atoms with Gasteiger partial charge < -0.3 is 5.32 Å². The second-order valence-electron chi connectivity index (χ2n) is 6.12. The van der Waals surface area contributed by atoms with E-state index in [1.807, 2.05) is 12.1 Å². The van der Waals surface area contributed by atoms with Crippen molar-refractivity contribution in [3.8, 4) is 0 Å². The molecule has 1 atom stereocenters. The van der Waals surface area contributed by atoms with E-state index in [-0.39, 0.29) is 16.7 Å². The fourth-order valence-electron chi connectivity index (χ4n) is 2.35. The molecule has 0 aliphatic carbocycles. The maximum Gasteiger partial charge on any atom is 0.269 e. The predicted octanol–water partition coefficient (Wildman–Crippen LogP) is 4.85. The Hall–Kier alpha value is -1.42. The number of nitro groups is 1. The third-order valence-electron chi connectivity index (χ3n) is 3.76. The van der Waals surface area contributed by atoms with Crippen molar-refractivity contribution < 1.29 is 4.92 Å². The molecule has 0 bridgehead atoms. The van der Waals surface area contributed by atoms with Crippen LogP contribution < -0.4 is 5.32 Å². The third-order valence-corrected chi connectivity index (χ3v) is 3.76. The van der Waals surface area contributed by atoms with Crippen LogP contribution >= 0.6 is 0 Å². The van der Waals surface area contributed by atoms with Gasteiger partial charge in [0, 0.05) is 18.2 Å². The normalized spacial score (nSPS) is 12.6. The SMILES string of the molecule is CC(C)CCCCCCNC(C)c1ccc([N+](=O)[O-])cc1. The molecule has 0 aliphatic rings. The van der Waals surface area contributed by atoms with Gasteiger partial charge in [0.15, 0.2) is 0 Å². The summed E-state index contributed by atoms with van der Waals surface area (Å²) >= 11 is 0. The van der Waals surface area contributed by atoms with Crippen molar-refractivity contribution in [2.24, 2.45) is 5.92 Å². The van der Waals surface area contributed by atoms with E-state index < -0.39 is 0 Å². The van der Waals surface area contributed by atoms with Crippen molar-refractivity contribution in [3.63, 3.8) is 0 Å². The van der Waals surface area contributed by atoms with Crippen molar-refractivity contribution >= 4 is 5.69 Å². The van der Waals surface area contributed by atoms with Gasteiger partial charge in [-0.15, -0.1) is 0 Å². The Morgan fingerprint density at radius 3 is 2.24 bits per heavy atom. The van der Waals surface area contributed by atoms with Gasteiger partial charge in [-0.2, -0.15) is 0 Å². The summed E-state index contributed by atoms with van der Waals surface area (Å²) in [6.45, 7) is 7.64. The first-order chi connectivity index (χ1) is 10.0. The molecule has 1 rings (SSSR count). The summed E-state index contributed by atoms with van der Waals surface area (Å²) < 4.78 is 0. The van der Waals surface area contributed by atoms with Crippen molar-refractivity contribution in [2.45, 2.75) is 58.9 Å². The van der Waals surface area contributed by atoms with E-state index in [0.717, 1.165) is 18.0 Å². The van der Waals surface area contributed by atoms with E-state index in [0.29, 0.717) is 0 Å². The highest BCUT2D eigenvalue weighted by Crippen LogP contribution is 2.17. The molecule has 0 saturated carbocycles. The molecule has 0 radical (unpaired) electrons. The van der Waals surface area contributed by atoms with Crippen LogP contribution in [0, 0.1) is 16.0 Å². The van der Waals surface area contributed by atoms with Crippen LogP contribution in [0.1, 0.15) is 64.5 Å². The Morgan fingerprint density at radius 2 is 1.67 bits per heavy atom. The second-order valence-corrected chi connectivity index (χ2v) is 6.12. The molecule has 0 fully saturated rings. The van der Waals surface area contributed by atoms with E-state index in [9.17, 15) is 10.1 Å². The Bertz CT molecular complexity index is 415. The van der Waals surface area contributed by atoms with Crippen LogP contribution in [0.3, 0.4) is 0 Å². The number of nitrogens with one attached hydrogen (secondary N) is 1. The van der Waals surface area contributed by atoms with Gasteiger partial charge in [-0.05, 0) is 31.4 Å². The number of hydrogen-bond donors (Lipinski definition) is 1. The summed E-state index contributed by atoms with van der Waals surface area (Å²) in [6.07, 6.45) is 6.43. The number of hydrogen-bond acceptors (Lipinski definition) is 3. The molecule has 118 valence electrons. The minimum absolute atomic E-state index is 0.149. The summed E-state index contributed by atoms with van der Waals surface area (Å²) in [5, 5.41) is 14.1. The maximum atomic E-state index is 10.6. The van der Waals surface area contributed by atoms with E-state index >= 15 is 0 Å². The van der Waals surface area contributed by atoms with Crippen LogP contribution in [-0.2, 0) is 0 Å². The Balaban J connectivity index is 2.18. The number of non-ortho nitro benzene ring substituents is 1. The smallest absolute Gasteiger partial charge is 0.269 e. The van der Waals surface area contributed by atoms with Crippen LogP contribution in [-0.4, -0.2) is 11.5 Å². The van der Waals surface area contributed by atoms with Crippen molar-refractivity contribution in [3.05, 3.63) is 39.9 Å². The molecule has 21 heavy (non-hydrogen) atoms. The van der Waals surface area contributed by atoms with Gasteiger partial charge in [0.25, 0.3) is 5.69 Å². The lowest BCUT2D eigenvalue weighted by molar-refractivity contribution is -0.384. The minimum Gasteiger partial charge on any atom is -0.310 e. The third kappa shape index (κ3) is 7.23. The lowest BCUT2D eigenvalue weighted by Crippen LogP contribution is -2.19. The predicted molar refractivity (Wildman–Crippen MR) is 87.4 cm³/mol. The monoisotopic (exact) mass is 292 g/mol. The van der Waals surface area contributed by atoms with Crippen LogP contribution in [0.2, 0.25) is 0 Å². The zero-order chi connectivity index (χ0) is 15.7. The number of rotatable bonds is 10. The minimum atomic E-state index is -0.362. The summed E-state index contributed by atoms with van der Waals surface area (Å²) in [5.41, 5.74) is 1.25. The fraction of sp³-hybridized carbons (Fsp3) is 0.647. The first kappa shape index (κ1) is 17.6. The summed E-state index contributed by atoms with van der Waals surface area (Å²) in [6, 6.07) is 7.04. The molecule has 0 amide bonds. The van der Waals surface area contributed by atoms with E-state index in [2.05, 4.69) is 26.1 Å². The van der Waals surface area contributed by atoms with Crippen LogP contribution in [0.5, 0.6) is 0 Å². The van der Waals surface area contributed by atoms with E-state index in [1.165, 1.54) is 32.1 Å². The molecule has 1 aromatic rings. The van der Waals surface area contributed by atoms with Crippen molar-refractivity contribution in [1.29, 1.82) is 0 Å². The topological polar surface area (TPSA) is 55.2 Å². The summed E-state index contributed by atoms with van der Waals surface area (Å²) in [4.78, 5) is 10.2. The maximum absolute atomic E-state index is 10.6. The average Bonchev–Trinajstić information content (AvgIpc) is 2.45. The van der Waals surface area contributed by atoms with Gasteiger partial charge in [0.05, 0.1) is 4.92 Å². The van der Waals surface area contributed by atoms with Gasteiger partial charge in [0.2, 0.25) is 0 Å². The molecule has 0 aliphatic heterocycles. The number of unbranched alkanes of at least 4 members (excludes halogenated alkanes) is 3. The second kappa shape index (κ2) is 9.50. The van der Waals surface area contributed by atoms with Crippen molar-refractivity contribution in [2.75, 3.05) is 6.54 Å². The lowest BCUT2D eigenvalue weighted by atomic mass is 10.0. The molecule has 0 aromatic heterocycles. The van der Waals surface area contributed by atoms with Crippen LogP contribution in [0.25, 0.3) is 0 Å². The average molecular weight is 292 g/mol. The van der Waals surface area contributed by atoms with E-state index in [4.69, 9.17) is 0 Å². The van der Waals surface area contributed by atoms with Crippen LogP contribution in [0.4, 0.5) is 5.69 Å². The summed E-state index contributed by atoms with van der Waals surface area (Å²) in [5.74, 6) is 0.810. The van der Waals surface area contributed by atoms with Gasteiger partial charge in [-0.25, -0.2) is 0 Å². The molecule has 4 nitrogen and oxygen atoms in total. The number of benzene rings is 1. The highest BCUT2D eigenvalue weighted by molar-refractivity contribution is 5.33. The zero-order valence-corrected chi connectivity index (χ0v) is 13.5. The standard InChI is InChI=1S/C17H28N2O2/c1-14(2)8-6-4-5-7-13-18-15(3)16-9-11-17(12-10-16)19(20)21/h9-12,14-15,18H,4-8,13H2,1-3H3. The van der Waals surface area contributed by atoms with Gasteiger partial charge in [-0.1, -0.05) is 51.7 Å². The van der Waals surface area contributed by atoms with Gasteiger partial charge in [-0.3, -0.25) is 10.1 Å². The molecular weight excluding hydrogens is 264 g/mol. The Labute approximate surface area is 128 Å². The Kier molecular flexibility index (Phi) is 7.98. The fourth-order valence-corrected chi connectivity index (χ4v) is 2.35. The Morgan fingerprint density at radius 1 is 1.05 bits per heavy atom. The van der Waals surface area contributed by atoms with Gasteiger partial charge >= 0.3 is 0 Å². The highest BCUT2D eigenvalue weighted by Gasteiger charge is 2.08. The van der Waals surface area contributed by atoms with Crippen LogP contribution in [0.15, 0.2) is 24.3 Å². The van der Waals surface area contributed by atoms with E-state index in [1.54, 1.807) is 12.1 Å². The molecular formula is C17H28N2O2. The quantitative estimate of drug-likeness (QED) is 0.381. The summed E-state index contributed by atoms with van der Waals surface area (Å²) in [7, 11) is 0. The zero-order valence-electron chi connectivity index (χ0n) is 13.5. The molecule has 1 unspecified atom stereocenters. The number of nitrogens with zero attached hydrogens (tertiary/aromatic N) is 1. The molecule has 0 heterocycles. The number of nitro benzene ring substituents is 1. The van der Waals surface area contributed by atoms with Crippen molar-refractivity contribution in [1.82, 2.24) is 5.32 Å². The molecule has 4 heteroatoms. The largest absolute Gasteiger partial charge is 0.310 e. The van der Waals surface area contributed by atoms with Gasteiger partial charge in [0.1, 0.15) is 0 Å². The first-order valence-corrected chi connectivity index (χ1v) is 7.98. The highest BCUT2D eigenvalue weighted by atomic mass is 16.6. The molecule has 0 saturated heterocycles. The lowest BCUT2D eigenvalue weighted by Gasteiger charge is -2.14. The molecule has 1 N–H and O–H groups in total. The first-order valence-electron chi connectivity index (χ1n) is 7.98. The molecule has 1 aromatic carbocycles. The molecule has 0 spiro atoms.